The second-order valence-corrected chi connectivity index (χ2v) is 5.10. The van der Waals surface area contributed by atoms with Crippen molar-refractivity contribution < 1.29 is 9.13 Å². The first-order chi connectivity index (χ1) is 8.40. The third-order valence-electron chi connectivity index (χ3n) is 2.99. The molecule has 0 aliphatic carbocycles. The number of ether oxygens (including phenoxy) is 1. The average Bonchev–Trinajstić information content (AvgIpc) is 2.29. The number of hydrogen-bond acceptors (Lipinski definition) is 3. The number of hydrazine groups is 1. The van der Waals surface area contributed by atoms with E-state index in [1.165, 1.54) is 12.1 Å². The van der Waals surface area contributed by atoms with Gasteiger partial charge in [0.15, 0.2) is 0 Å². The van der Waals surface area contributed by atoms with Gasteiger partial charge in [-0.2, -0.15) is 0 Å². The smallest absolute Gasteiger partial charge is 0.123 e. The predicted molar refractivity (Wildman–Crippen MR) is 71.9 cm³/mol. The maximum Gasteiger partial charge on any atom is 0.123 e. The summed E-state index contributed by atoms with van der Waals surface area (Å²) in [6.07, 6.45) is 0.500. The first kappa shape index (κ1) is 15.4. The maximum atomic E-state index is 13.2. The van der Waals surface area contributed by atoms with Crippen molar-refractivity contribution in [2.45, 2.75) is 38.8 Å². The number of benzene rings is 1. The van der Waals surface area contributed by atoms with Crippen LogP contribution in [0.4, 0.5) is 4.39 Å². The summed E-state index contributed by atoms with van der Waals surface area (Å²) in [6.45, 7) is 6.38. The highest BCUT2D eigenvalue weighted by atomic mass is 35.5. The van der Waals surface area contributed by atoms with Gasteiger partial charge in [-0.05, 0) is 51.0 Å². The zero-order chi connectivity index (χ0) is 13.8. The lowest BCUT2D eigenvalue weighted by atomic mass is 9.92. The molecule has 0 saturated heterocycles. The summed E-state index contributed by atoms with van der Waals surface area (Å²) in [5.74, 6) is 5.25. The fourth-order valence-corrected chi connectivity index (χ4v) is 2.09. The molecule has 0 bridgehead atoms. The third kappa shape index (κ3) is 3.92. The first-order valence-corrected chi connectivity index (χ1v) is 6.32. The molecule has 0 heterocycles. The molecule has 1 rings (SSSR count). The Morgan fingerprint density at radius 3 is 2.72 bits per heavy atom. The first-order valence-electron chi connectivity index (χ1n) is 5.94. The molecule has 1 atom stereocenters. The van der Waals surface area contributed by atoms with Crippen LogP contribution in [-0.4, -0.2) is 18.2 Å². The van der Waals surface area contributed by atoms with E-state index in [4.69, 9.17) is 22.2 Å². The Hall–Kier alpha value is -0.680. The minimum absolute atomic E-state index is 0.156. The molecule has 0 aliphatic rings. The molecule has 18 heavy (non-hydrogen) atoms. The van der Waals surface area contributed by atoms with E-state index >= 15 is 0 Å². The van der Waals surface area contributed by atoms with Crippen LogP contribution in [0.25, 0.3) is 0 Å². The van der Waals surface area contributed by atoms with E-state index in [1.54, 1.807) is 6.07 Å². The summed E-state index contributed by atoms with van der Waals surface area (Å²) in [4.78, 5) is 0. The molecule has 1 unspecified atom stereocenters. The van der Waals surface area contributed by atoms with Gasteiger partial charge in [-0.25, -0.2) is 4.39 Å². The highest BCUT2D eigenvalue weighted by Gasteiger charge is 2.29. The average molecular weight is 275 g/mol. The van der Waals surface area contributed by atoms with Crippen molar-refractivity contribution in [3.63, 3.8) is 0 Å². The lowest BCUT2D eigenvalue weighted by Gasteiger charge is -2.34. The van der Waals surface area contributed by atoms with Gasteiger partial charge in [-0.1, -0.05) is 11.6 Å². The number of nitrogens with one attached hydrogen (secondary N) is 1. The fraction of sp³-hybridized carbons (Fsp3) is 0.538. The van der Waals surface area contributed by atoms with Crippen LogP contribution in [0.5, 0.6) is 0 Å². The monoisotopic (exact) mass is 274 g/mol. The Kier molecular flexibility index (Phi) is 5.53. The van der Waals surface area contributed by atoms with Gasteiger partial charge in [0.1, 0.15) is 5.82 Å². The van der Waals surface area contributed by atoms with Crippen LogP contribution in [0.2, 0.25) is 5.02 Å². The molecule has 1 aromatic carbocycles. The zero-order valence-corrected chi connectivity index (χ0v) is 11.7. The van der Waals surface area contributed by atoms with Crippen LogP contribution in [0, 0.1) is 5.82 Å². The summed E-state index contributed by atoms with van der Waals surface area (Å²) >= 11 is 6.05. The third-order valence-corrected chi connectivity index (χ3v) is 3.36. The van der Waals surface area contributed by atoms with Crippen LogP contribution in [0.3, 0.4) is 0 Å². The number of nitrogens with two attached hydrogens (primary N) is 1. The molecular weight excluding hydrogens is 255 g/mol. The molecule has 0 radical (unpaired) electrons. The van der Waals surface area contributed by atoms with Crippen LogP contribution < -0.4 is 11.3 Å². The van der Waals surface area contributed by atoms with Crippen molar-refractivity contribution >= 4 is 11.6 Å². The van der Waals surface area contributed by atoms with Crippen LogP contribution in [0.1, 0.15) is 26.3 Å². The summed E-state index contributed by atoms with van der Waals surface area (Å²) in [6, 6.07) is 4.16. The molecule has 102 valence electrons. The highest BCUT2D eigenvalue weighted by Crippen LogP contribution is 2.23. The fourth-order valence-electron chi connectivity index (χ4n) is 1.90. The van der Waals surface area contributed by atoms with Crippen molar-refractivity contribution in [3.05, 3.63) is 34.6 Å². The van der Waals surface area contributed by atoms with E-state index in [0.717, 1.165) is 0 Å². The minimum Gasteiger partial charge on any atom is -0.374 e. The Balaban J connectivity index is 2.89. The Morgan fingerprint density at radius 2 is 2.17 bits per heavy atom. The standard InChI is InChI=1S/C13H20ClFN2O/c1-4-18-13(2,3)12(17-16)8-9-7-10(15)5-6-11(9)14/h5-7,12,17H,4,8,16H2,1-3H3. The Labute approximate surface area is 112 Å². The summed E-state index contributed by atoms with van der Waals surface area (Å²) in [5.41, 5.74) is 2.97. The molecule has 0 amide bonds. The van der Waals surface area contributed by atoms with Crippen molar-refractivity contribution in [3.8, 4) is 0 Å². The predicted octanol–water partition coefficient (Wildman–Crippen LogP) is 2.67. The lowest BCUT2D eigenvalue weighted by Crippen LogP contribution is -2.52. The van der Waals surface area contributed by atoms with Crippen LogP contribution >= 0.6 is 11.6 Å². The molecule has 0 fully saturated rings. The number of rotatable bonds is 6. The van der Waals surface area contributed by atoms with Crippen LogP contribution in [-0.2, 0) is 11.2 Å². The van der Waals surface area contributed by atoms with Crippen molar-refractivity contribution in [2.24, 2.45) is 5.84 Å². The number of hydrogen-bond donors (Lipinski definition) is 2. The van der Waals surface area contributed by atoms with Crippen molar-refractivity contribution in [1.29, 1.82) is 0 Å². The topological polar surface area (TPSA) is 47.3 Å². The lowest BCUT2D eigenvalue weighted by molar-refractivity contribution is -0.0381. The van der Waals surface area contributed by atoms with Gasteiger partial charge >= 0.3 is 0 Å². The number of halogens is 2. The van der Waals surface area contributed by atoms with E-state index in [0.29, 0.717) is 23.6 Å². The molecule has 1 aromatic rings. The largest absolute Gasteiger partial charge is 0.374 e. The molecule has 0 saturated carbocycles. The molecule has 0 aliphatic heterocycles. The van der Waals surface area contributed by atoms with Gasteiger partial charge < -0.3 is 4.74 Å². The highest BCUT2D eigenvalue weighted by molar-refractivity contribution is 6.31. The summed E-state index contributed by atoms with van der Waals surface area (Å²) < 4.78 is 18.8. The van der Waals surface area contributed by atoms with Gasteiger partial charge in [0.05, 0.1) is 11.6 Å². The SMILES string of the molecule is CCOC(C)(C)C(Cc1cc(F)ccc1Cl)NN. The Morgan fingerprint density at radius 1 is 1.50 bits per heavy atom. The van der Waals surface area contributed by atoms with E-state index in [-0.39, 0.29) is 11.9 Å². The summed E-state index contributed by atoms with van der Waals surface area (Å²) in [7, 11) is 0. The Bertz CT molecular complexity index is 399. The molecule has 3 N–H and O–H groups in total. The second-order valence-electron chi connectivity index (χ2n) is 4.70. The minimum atomic E-state index is -0.459. The van der Waals surface area contributed by atoms with Gasteiger partial charge in [0, 0.05) is 11.6 Å². The van der Waals surface area contributed by atoms with Gasteiger partial charge in [-0.3, -0.25) is 11.3 Å². The van der Waals surface area contributed by atoms with E-state index in [2.05, 4.69) is 5.43 Å². The molecule has 5 heteroatoms. The zero-order valence-electron chi connectivity index (χ0n) is 11.0. The van der Waals surface area contributed by atoms with Gasteiger partial charge in [0.2, 0.25) is 0 Å². The molecule has 0 aromatic heterocycles. The van der Waals surface area contributed by atoms with Crippen molar-refractivity contribution in [1.82, 2.24) is 5.43 Å². The summed E-state index contributed by atoms with van der Waals surface area (Å²) in [5, 5.41) is 0.531. The van der Waals surface area contributed by atoms with E-state index in [1.807, 2.05) is 20.8 Å². The molecular formula is C13H20ClFN2O. The maximum absolute atomic E-state index is 13.2. The van der Waals surface area contributed by atoms with Gasteiger partial charge in [0.25, 0.3) is 0 Å². The van der Waals surface area contributed by atoms with Gasteiger partial charge in [-0.15, -0.1) is 0 Å². The molecule has 3 nitrogen and oxygen atoms in total. The normalized spacial score (nSPS) is 13.7. The van der Waals surface area contributed by atoms with Crippen molar-refractivity contribution in [2.75, 3.05) is 6.61 Å². The second kappa shape index (κ2) is 6.48. The van der Waals surface area contributed by atoms with E-state index < -0.39 is 5.60 Å². The van der Waals surface area contributed by atoms with Crippen LogP contribution in [0.15, 0.2) is 18.2 Å². The van der Waals surface area contributed by atoms with E-state index in [9.17, 15) is 4.39 Å². The molecule has 0 spiro atoms. The quantitative estimate of drug-likeness (QED) is 0.619.